The molecule has 4 rings (SSSR count). The van der Waals surface area contributed by atoms with Gasteiger partial charge in [0.1, 0.15) is 5.82 Å². The molecule has 0 saturated heterocycles. The summed E-state index contributed by atoms with van der Waals surface area (Å²) in [5.74, 6) is 0.966. The first-order valence-corrected chi connectivity index (χ1v) is 8.85. The highest BCUT2D eigenvalue weighted by molar-refractivity contribution is 5.79. The van der Waals surface area contributed by atoms with E-state index in [1.807, 2.05) is 43.5 Å². The predicted octanol–water partition coefficient (Wildman–Crippen LogP) is 3.35. The molecule has 0 atom stereocenters. The molecule has 1 fully saturated rings. The number of aromatic nitrogens is 3. The molecule has 2 heterocycles. The van der Waals surface area contributed by atoms with Crippen LogP contribution >= 0.6 is 0 Å². The summed E-state index contributed by atoms with van der Waals surface area (Å²) in [6, 6.07) is 10.4. The van der Waals surface area contributed by atoms with Gasteiger partial charge >= 0.3 is 0 Å². The van der Waals surface area contributed by atoms with Gasteiger partial charge in [-0.25, -0.2) is 9.50 Å². The fourth-order valence-corrected chi connectivity index (χ4v) is 3.55. The number of nitrogens with one attached hydrogen (secondary N) is 1. The lowest BCUT2D eigenvalue weighted by molar-refractivity contribution is 0.391. The van der Waals surface area contributed by atoms with Crippen molar-refractivity contribution in [1.29, 1.82) is 0 Å². The third-order valence-electron chi connectivity index (χ3n) is 5.14. The number of rotatable bonds is 3. The Morgan fingerprint density at radius 3 is 2.56 bits per heavy atom. The van der Waals surface area contributed by atoms with Crippen LogP contribution in [0.5, 0.6) is 0 Å². The molecule has 1 saturated carbocycles. The Morgan fingerprint density at radius 2 is 1.84 bits per heavy atom. The fraction of sp³-hybridized carbons (Fsp3) is 0.368. The fourth-order valence-electron chi connectivity index (χ4n) is 3.55. The van der Waals surface area contributed by atoms with Gasteiger partial charge in [-0.3, -0.25) is 0 Å². The van der Waals surface area contributed by atoms with Crippen molar-refractivity contribution in [1.82, 2.24) is 14.6 Å². The number of para-hydroxylation sites is 1. The quantitative estimate of drug-likeness (QED) is 0.682. The third-order valence-corrected chi connectivity index (χ3v) is 5.14. The number of imidazole rings is 1. The van der Waals surface area contributed by atoms with Crippen molar-refractivity contribution >= 4 is 22.8 Å². The van der Waals surface area contributed by atoms with Crippen LogP contribution in [0.25, 0.3) is 5.65 Å². The highest BCUT2D eigenvalue weighted by Crippen LogP contribution is 2.34. The van der Waals surface area contributed by atoms with E-state index < -0.39 is 0 Å². The van der Waals surface area contributed by atoms with Crippen molar-refractivity contribution in [3.8, 4) is 0 Å². The molecule has 2 aromatic heterocycles. The molecule has 0 radical (unpaired) electrons. The molecule has 5 N–H and O–H groups in total. The Balaban J connectivity index is 1.75. The van der Waals surface area contributed by atoms with Crippen molar-refractivity contribution < 1.29 is 0 Å². The molecular formula is C19H24N6. The van der Waals surface area contributed by atoms with E-state index in [1.165, 1.54) is 0 Å². The topological polar surface area (TPSA) is 94.3 Å². The minimum Gasteiger partial charge on any atom is -0.382 e. The SMILES string of the molecule is Cc1c(N)nn2cc([C@H]3CC[C@H](N)CC3)nc2c1Nc1ccccc1. The molecule has 0 amide bonds. The monoisotopic (exact) mass is 336 g/mol. The van der Waals surface area contributed by atoms with Gasteiger partial charge in [-0.1, -0.05) is 18.2 Å². The van der Waals surface area contributed by atoms with Crippen molar-refractivity contribution in [3.63, 3.8) is 0 Å². The second-order valence-electron chi connectivity index (χ2n) is 6.92. The minimum absolute atomic E-state index is 0.333. The second-order valence-corrected chi connectivity index (χ2v) is 6.92. The molecule has 1 aromatic carbocycles. The van der Waals surface area contributed by atoms with Gasteiger partial charge in [0.05, 0.1) is 17.6 Å². The molecule has 25 heavy (non-hydrogen) atoms. The van der Waals surface area contributed by atoms with E-state index in [2.05, 4.69) is 10.4 Å². The van der Waals surface area contributed by atoms with Crippen LogP contribution < -0.4 is 16.8 Å². The molecule has 0 aliphatic heterocycles. The first-order valence-electron chi connectivity index (χ1n) is 8.85. The van der Waals surface area contributed by atoms with Crippen molar-refractivity contribution in [2.24, 2.45) is 5.73 Å². The average Bonchev–Trinajstić information content (AvgIpc) is 3.04. The van der Waals surface area contributed by atoms with E-state index in [-0.39, 0.29) is 0 Å². The highest BCUT2D eigenvalue weighted by atomic mass is 15.3. The third kappa shape index (κ3) is 3.05. The van der Waals surface area contributed by atoms with E-state index in [0.717, 1.165) is 54.0 Å². The van der Waals surface area contributed by atoms with Crippen molar-refractivity contribution in [3.05, 3.63) is 47.8 Å². The maximum Gasteiger partial charge on any atom is 0.177 e. The zero-order valence-corrected chi connectivity index (χ0v) is 14.4. The van der Waals surface area contributed by atoms with Crippen LogP contribution in [-0.2, 0) is 0 Å². The summed E-state index contributed by atoms with van der Waals surface area (Å²) in [4.78, 5) is 4.90. The van der Waals surface area contributed by atoms with Crippen LogP contribution in [0.3, 0.4) is 0 Å². The minimum atomic E-state index is 0.333. The summed E-state index contributed by atoms with van der Waals surface area (Å²) in [6.45, 7) is 1.97. The molecule has 3 aromatic rings. The van der Waals surface area contributed by atoms with Crippen LogP contribution in [0.2, 0.25) is 0 Å². The molecule has 1 aliphatic rings. The molecule has 0 unspecified atom stereocenters. The number of nitrogen functional groups attached to an aromatic ring is 1. The maximum atomic E-state index is 6.13. The summed E-state index contributed by atoms with van der Waals surface area (Å²) in [6.07, 6.45) is 6.30. The van der Waals surface area contributed by atoms with Gasteiger partial charge in [0, 0.05) is 23.2 Å². The predicted molar refractivity (Wildman–Crippen MR) is 101 cm³/mol. The lowest BCUT2D eigenvalue weighted by Gasteiger charge is -2.24. The Kier molecular flexibility index (Phi) is 4.05. The molecule has 1 aliphatic carbocycles. The summed E-state index contributed by atoms with van der Waals surface area (Å²) in [7, 11) is 0. The smallest absolute Gasteiger partial charge is 0.177 e. The average molecular weight is 336 g/mol. The Hall–Kier alpha value is -2.60. The molecule has 6 heteroatoms. The van der Waals surface area contributed by atoms with Gasteiger partial charge in [0.15, 0.2) is 5.65 Å². The van der Waals surface area contributed by atoms with Crippen LogP contribution in [0.1, 0.15) is 42.9 Å². The van der Waals surface area contributed by atoms with E-state index in [4.69, 9.17) is 16.5 Å². The number of hydrogen-bond acceptors (Lipinski definition) is 5. The van der Waals surface area contributed by atoms with Gasteiger partial charge in [-0.05, 0) is 44.7 Å². The van der Waals surface area contributed by atoms with Gasteiger partial charge in [0.2, 0.25) is 0 Å². The second kappa shape index (κ2) is 6.37. The lowest BCUT2D eigenvalue weighted by Crippen LogP contribution is -2.25. The van der Waals surface area contributed by atoms with Crippen LogP contribution in [0, 0.1) is 6.92 Å². The number of benzene rings is 1. The van der Waals surface area contributed by atoms with Gasteiger partial charge in [-0.2, -0.15) is 0 Å². The number of fused-ring (bicyclic) bond motifs is 1. The number of anilines is 3. The lowest BCUT2D eigenvalue weighted by atomic mass is 9.85. The first-order chi connectivity index (χ1) is 12.1. The molecule has 0 spiro atoms. The van der Waals surface area contributed by atoms with Gasteiger partial charge < -0.3 is 16.8 Å². The first kappa shape index (κ1) is 15.9. The Labute approximate surface area is 147 Å². The van der Waals surface area contributed by atoms with Crippen molar-refractivity contribution in [2.45, 2.75) is 44.6 Å². The van der Waals surface area contributed by atoms with Gasteiger partial charge in [-0.15, -0.1) is 5.10 Å². The van der Waals surface area contributed by atoms with E-state index in [9.17, 15) is 0 Å². The summed E-state index contributed by atoms with van der Waals surface area (Å²) in [5.41, 5.74) is 16.9. The van der Waals surface area contributed by atoms with E-state index >= 15 is 0 Å². The van der Waals surface area contributed by atoms with Crippen LogP contribution in [0.4, 0.5) is 17.2 Å². The maximum absolute atomic E-state index is 6.13. The molecule has 6 nitrogen and oxygen atoms in total. The van der Waals surface area contributed by atoms with E-state index in [0.29, 0.717) is 17.8 Å². The van der Waals surface area contributed by atoms with Crippen LogP contribution in [0.15, 0.2) is 36.5 Å². The Morgan fingerprint density at radius 1 is 1.12 bits per heavy atom. The zero-order valence-electron chi connectivity index (χ0n) is 14.4. The normalized spacial score (nSPS) is 20.7. The Bertz CT molecular complexity index is 878. The van der Waals surface area contributed by atoms with Gasteiger partial charge in [0.25, 0.3) is 0 Å². The summed E-state index contributed by atoms with van der Waals surface area (Å²) in [5, 5.41) is 7.93. The largest absolute Gasteiger partial charge is 0.382 e. The number of nitrogens with two attached hydrogens (primary N) is 2. The summed E-state index contributed by atoms with van der Waals surface area (Å²) < 4.78 is 1.80. The number of hydrogen-bond donors (Lipinski definition) is 3. The zero-order chi connectivity index (χ0) is 17.4. The molecular weight excluding hydrogens is 312 g/mol. The van der Waals surface area contributed by atoms with Crippen molar-refractivity contribution in [2.75, 3.05) is 11.1 Å². The van der Waals surface area contributed by atoms with Crippen LogP contribution in [-0.4, -0.2) is 20.6 Å². The highest BCUT2D eigenvalue weighted by Gasteiger charge is 2.23. The molecule has 130 valence electrons. The molecule has 0 bridgehead atoms. The standard InChI is InChI=1S/C19H24N6/c1-12-17(22-15-5-3-2-4-6-15)19-23-16(11-25(19)24-18(12)21)13-7-9-14(20)10-8-13/h2-6,11,13-14,22H,7-10,20H2,1H3,(H2,21,24)/t13-,14-. The van der Waals surface area contributed by atoms with E-state index in [1.54, 1.807) is 4.52 Å². The number of nitrogens with zero attached hydrogens (tertiary/aromatic N) is 3. The summed E-state index contributed by atoms with van der Waals surface area (Å²) >= 11 is 0.